The van der Waals surface area contributed by atoms with Crippen LogP contribution in [0.2, 0.25) is 0 Å². The van der Waals surface area contributed by atoms with E-state index < -0.39 is 0 Å². The van der Waals surface area contributed by atoms with Crippen LogP contribution in [0.4, 0.5) is 5.69 Å². The number of carbonyl (C=O) groups excluding carboxylic acids is 1. The van der Waals surface area contributed by atoms with Gasteiger partial charge in [-0.15, -0.1) is 0 Å². The number of para-hydroxylation sites is 1. The molecule has 0 aromatic heterocycles. The highest BCUT2D eigenvalue weighted by Crippen LogP contribution is 2.32. The van der Waals surface area contributed by atoms with Crippen molar-refractivity contribution in [1.82, 2.24) is 5.43 Å². The normalized spacial score (nSPS) is 17.6. The number of benzene rings is 2. The van der Waals surface area contributed by atoms with Gasteiger partial charge in [-0.05, 0) is 29.8 Å². The van der Waals surface area contributed by atoms with Gasteiger partial charge in [0.1, 0.15) is 5.75 Å². The quantitative estimate of drug-likeness (QED) is 0.913. The summed E-state index contributed by atoms with van der Waals surface area (Å²) < 4.78 is 5.12. The third kappa shape index (κ3) is 2.01. The zero-order valence-electron chi connectivity index (χ0n) is 10.5. The maximum atomic E-state index is 11.8. The molecule has 0 saturated carbocycles. The third-order valence-electron chi connectivity index (χ3n) is 3.20. The Labute approximate surface area is 111 Å². The summed E-state index contributed by atoms with van der Waals surface area (Å²) in [6.45, 7) is 0. The Kier molecular flexibility index (Phi) is 2.83. The summed E-state index contributed by atoms with van der Waals surface area (Å²) in [4.78, 5) is 11.8. The van der Waals surface area contributed by atoms with Crippen molar-refractivity contribution in [2.75, 3.05) is 12.1 Å². The molecule has 1 heterocycles. The van der Waals surface area contributed by atoms with Crippen molar-refractivity contribution in [3.05, 3.63) is 60.2 Å². The molecule has 1 N–H and O–H groups in total. The van der Waals surface area contributed by atoms with E-state index in [4.69, 9.17) is 4.74 Å². The molecular formula is C15H14N2O2. The van der Waals surface area contributed by atoms with E-state index in [9.17, 15) is 4.79 Å². The zero-order valence-corrected chi connectivity index (χ0v) is 10.5. The molecule has 1 aliphatic heterocycles. The Balaban J connectivity index is 1.87. The van der Waals surface area contributed by atoms with Crippen molar-refractivity contribution >= 4 is 11.6 Å². The Hall–Kier alpha value is -2.49. The van der Waals surface area contributed by atoms with Crippen LogP contribution in [0, 0.1) is 0 Å². The Morgan fingerprint density at radius 2 is 1.74 bits per heavy atom. The molecule has 1 aliphatic rings. The molecule has 4 nitrogen and oxygen atoms in total. The number of rotatable bonds is 3. The van der Waals surface area contributed by atoms with E-state index in [1.54, 1.807) is 7.11 Å². The largest absolute Gasteiger partial charge is 0.497 e. The SMILES string of the molecule is COc1ccc(C2C(=O)NN2c2ccccc2)cc1. The minimum absolute atomic E-state index is 0.00835. The lowest BCUT2D eigenvalue weighted by atomic mass is 10.0. The fourth-order valence-electron chi connectivity index (χ4n) is 2.18. The van der Waals surface area contributed by atoms with E-state index in [2.05, 4.69) is 5.43 Å². The molecule has 1 unspecified atom stereocenters. The maximum absolute atomic E-state index is 11.8. The molecule has 4 heteroatoms. The van der Waals surface area contributed by atoms with Crippen LogP contribution in [0.1, 0.15) is 11.6 Å². The number of carbonyl (C=O) groups is 1. The first-order valence-corrected chi connectivity index (χ1v) is 6.08. The molecule has 1 amide bonds. The number of hydrazine groups is 1. The molecule has 19 heavy (non-hydrogen) atoms. The zero-order chi connectivity index (χ0) is 13.2. The van der Waals surface area contributed by atoms with Crippen LogP contribution in [-0.2, 0) is 4.79 Å². The van der Waals surface area contributed by atoms with Crippen molar-refractivity contribution < 1.29 is 9.53 Å². The molecule has 96 valence electrons. The highest BCUT2D eigenvalue weighted by molar-refractivity contribution is 5.94. The van der Waals surface area contributed by atoms with Crippen LogP contribution >= 0.6 is 0 Å². The Bertz CT molecular complexity index is 581. The molecule has 2 aromatic rings. The van der Waals surface area contributed by atoms with E-state index in [-0.39, 0.29) is 11.9 Å². The van der Waals surface area contributed by atoms with Crippen molar-refractivity contribution in [2.24, 2.45) is 0 Å². The standard InChI is InChI=1S/C15H14N2O2/c1-19-13-9-7-11(8-10-13)14-15(18)16-17(14)12-5-3-2-4-6-12/h2-10,14H,1H3,(H,16,18). The molecule has 0 bridgehead atoms. The summed E-state index contributed by atoms with van der Waals surface area (Å²) in [5, 5.41) is 1.87. The van der Waals surface area contributed by atoms with Gasteiger partial charge in [0, 0.05) is 0 Å². The van der Waals surface area contributed by atoms with Crippen molar-refractivity contribution in [1.29, 1.82) is 0 Å². The van der Waals surface area contributed by atoms with Crippen LogP contribution in [0.5, 0.6) is 5.75 Å². The second kappa shape index (κ2) is 4.65. The number of hydrogen-bond acceptors (Lipinski definition) is 3. The second-order valence-corrected chi connectivity index (χ2v) is 4.36. The van der Waals surface area contributed by atoms with E-state index >= 15 is 0 Å². The monoisotopic (exact) mass is 254 g/mol. The summed E-state index contributed by atoms with van der Waals surface area (Å²) in [5.74, 6) is 0.795. The number of amides is 1. The predicted octanol–water partition coefficient (Wildman–Crippen LogP) is 2.29. The highest BCUT2D eigenvalue weighted by Gasteiger charge is 2.38. The number of hydrogen-bond donors (Lipinski definition) is 1. The van der Waals surface area contributed by atoms with Gasteiger partial charge in [0.15, 0.2) is 6.04 Å². The average molecular weight is 254 g/mol. The van der Waals surface area contributed by atoms with Crippen molar-refractivity contribution in [3.8, 4) is 5.75 Å². The summed E-state index contributed by atoms with van der Waals surface area (Å²) in [7, 11) is 1.63. The highest BCUT2D eigenvalue weighted by atomic mass is 16.5. The van der Waals surface area contributed by atoms with E-state index in [1.165, 1.54) is 0 Å². The van der Waals surface area contributed by atoms with Crippen molar-refractivity contribution in [2.45, 2.75) is 6.04 Å². The molecule has 0 radical (unpaired) electrons. The molecule has 3 rings (SSSR count). The average Bonchev–Trinajstić information content (AvgIpc) is 2.46. The van der Waals surface area contributed by atoms with Crippen LogP contribution < -0.4 is 15.2 Å². The van der Waals surface area contributed by atoms with Gasteiger partial charge in [0.05, 0.1) is 12.8 Å². The van der Waals surface area contributed by atoms with Gasteiger partial charge in [0.2, 0.25) is 0 Å². The summed E-state index contributed by atoms with van der Waals surface area (Å²) in [6.07, 6.45) is 0. The Morgan fingerprint density at radius 1 is 1.05 bits per heavy atom. The van der Waals surface area contributed by atoms with E-state index in [0.717, 1.165) is 17.0 Å². The minimum Gasteiger partial charge on any atom is -0.497 e. The van der Waals surface area contributed by atoms with Crippen LogP contribution in [0.25, 0.3) is 0 Å². The van der Waals surface area contributed by atoms with E-state index in [1.807, 2.05) is 59.6 Å². The topological polar surface area (TPSA) is 41.6 Å². The maximum Gasteiger partial charge on any atom is 0.267 e. The number of nitrogens with zero attached hydrogens (tertiary/aromatic N) is 1. The molecule has 1 atom stereocenters. The van der Waals surface area contributed by atoms with Gasteiger partial charge >= 0.3 is 0 Å². The number of nitrogens with one attached hydrogen (secondary N) is 1. The predicted molar refractivity (Wildman–Crippen MR) is 72.8 cm³/mol. The van der Waals surface area contributed by atoms with Gasteiger partial charge in [-0.3, -0.25) is 15.2 Å². The lowest BCUT2D eigenvalue weighted by Crippen LogP contribution is -2.61. The summed E-state index contributed by atoms with van der Waals surface area (Å²) >= 11 is 0. The molecule has 0 spiro atoms. The van der Waals surface area contributed by atoms with Crippen molar-refractivity contribution in [3.63, 3.8) is 0 Å². The fourth-order valence-corrected chi connectivity index (χ4v) is 2.18. The Morgan fingerprint density at radius 3 is 2.32 bits per heavy atom. The van der Waals surface area contributed by atoms with Crippen LogP contribution in [-0.4, -0.2) is 13.0 Å². The third-order valence-corrected chi connectivity index (χ3v) is 3.20. The van der Waals surface area contributed by atoms with Gasteiger partial charge in [-0.25, -0.2) is 0 Å². The second-order valence-electron chi connectivity index (χ2n) is 4.36. The molecule has 1 saturated heterocycles. The molecule has 1 fully saturated rings. The lowest BCUT2D eigenvalue weighted by molar-refractivity contribution is -0.128. The first-order chi connectivity index (χ1) is 9.29. The van der Waals surface area contributed by atoms with Crippen LogP contribution in [0.3, 0.4) is 0 Å². The molecule has 2 aromatic carbocycles. The number of methoxy groups -OCH3 is 1. The minimum atomic E-state index is -0.270. The number of ether oxygens (including phenoxy) is 1. The molecule has 0 aliphatic carbocycles. The first-order valence-electron chi connectivity index (χ1n) is 6.08. The van der Waals surface area contributed by atoms with Gasteiger partial charge in [0.25, 0.3) is 5.91 Å². The summed E-state index contributed by atoms with van der Waals surface area (Å²) in [5.41, 5.74) is 4.73. The number of anilines is 1. The van der Waals surface area contributed by atoms with Gasteiger partial charge < -0.3 is 4.74 Å². The van der Waals surface area contributed by atoms with Crippen LogP contribution in [0.15, 0.2) is 54.6 Å². The molecular weight excluding hydrogens is 240 g/mol. The van der Waals surface area contributed by atoms with Gasteiger partial charge in [-0.1, -0.05) is 30.3 Å². The fraction of sp³-hybridized carbons (Fsp3) is 0.133. The smallest absolute Gasteiger partial charge is 0.267 e. The van der Waals surface area contributed by atoms with Gasteiger partial charge in [-0.2, -0.15) is 0 Å². The lowest BCUT2D eigenvalue weighted by Gasteiger charge is -2.42. The first kappa shape index (κ1) is 11.6. The summed E-state index contributed by atoms with van der Waals surface area (Å²) in [6, 6.07) is 17.1. The van der Waals surface area contributed by atoms with E-state index in [0.29, 0.717) is 0 Å².